The van der Waals surface area contributed by atoms with E-state index in [2.05, 4.69) is 4.99 Å². The Morgan fingerprint density at radius 1 is 1.33 bits per heavy atom. The Bertz CT molecular complexity index is 415. The summed E-state index contributed by atoms with van der Waals surface area (Å²) >= 11 is 23.4. The Morgan fingerprint density at radius 3 is 2.47 bits per heavy atom. The molecule has 0 amide bonds. The molecule has 0 fully saturated rings. The van der Waals surface area contributed by atoms with Gasteiger partial charge < -0.3 is 5.73 Å². The van der Waals surface area contributed by atoms with Gasteiger partial charge in [0.15, 0.2) is 0 Å². The summed E-state index contributed by atoms with van der Waals surface area (Å²) in [5.74, 6) is 0.371. The number of aliphatic imine (C=N–C) groups is 1. The zero-order chi connectivity index (χ0) is 11.6. The van der Waals surface area contributed by atoms with Gasteiger partial charge in [0, 0.05) is 5.02 Å². The molecule has 0 aromatic heterocycles. The summed E-state index contributed by atoms with van der Waals surface area (Å²) in [4.78, 5) is 4.02. The highest BCUT2D eigenvalue weighted by molar-refractivity contribution is 6.42. The average molecular weight is 286 g/mol. The van der Waals surface area contributed by atoms with E-state index in [1.54, 1.807) is 13.0 Å². The summed E-state index contributed by atoms with van der Waals surface area (Å²) in [5, 5.41) is 1.23. The Morgan fingerprint density at radius 2 is 1.93 bits per heavy atom. The number of benzene rings is 1. The standard InChI is InChI=1S/C9H8Cl4N2/c1-4-5(11)2-6(12)9(8(4)13)15-7(14)3-10/h2H,3H2,1H3,(H2,14,15). The molecule has 6 heteroatoms. The number of hydrogen-bond acceptors (Lipinski definition) is 1. The minimum atomic E-state index is 0.119. The number of amidine groups is 1. The third-order valence-corrected chi connectivity index (χ3v) is 3.18. The molecule has 1 aromatic rings. The van der Waals surface area contributed by atoms with Gasteiger partial charge in [-0.1, -0.05) is 34.8 Å². The lowest BCUT2D eigenvalue weighted by molar-refractivity contribution is 1.40. The molecule has 0 unspecified atom stereocenters. The van der Waals surface area contributed by atoms with Crippen LogP contribution in [-0.2, 0) is 0 Å². The molecule has 0 aliphatic rings. The predicted molar refractivity (Wildman–Crippen MR) is 68.2 cm³/mol. The van der Waals surface area contributed by atoms with Crippen molar-refractivity contribution in [3.63, 3.8) is 0 Å². The van der Waals surface area contributed by atoms with Crippen LogP contribution < -0.4 is 5.73 Å². The number of alkyl halides is 1. The molecule has 82 valence electrons. The first-order valence-corrected chi connectivity index (χ1v) is 5.67. The van der Waals surface area contributed by atoms with E-state index in [-0.39, 0.29) is 11.7 Å². The van der Waals surface area contributed by atoms with Gasteiger partial charge in [0.2, 0.25) is 0 Å². The number of rotatable bonds is 2. The van der Waals surface area contributed by atoms with Crippen LogP contribution in [0.1, 0.15) is 5.56 Å². The summed E-state index contributed by atoms with van der Waals surface area (Å²) in [6, 6.07) is 1.57. The van der Waals surface area contributed by atoms with Gasteiger partial charge in [0.25, 0.3) is 0 Å². The minimum absolute atomic E-state index is 0.119. The highest BCUT2D eigenvalue weighted by Crippen LogP contribution is 2.39. The molecule has 1 rings (SSSR count). The van der Waals surface area contributed by atoms with Gasteiger partial charge in [-0.2, -0.15) is 0 Å². The summed E-state index contributed by atoms with van der Waals surface area (Å²) in [6.45, 7) is 1.77. The Kier molecular flexibility index (Phi) is 4.53. The van der Waals surface area contributed by atoms with Gasteiger partial charge in [-0.3, -0.25) is 0 Å². The molecule has 0 aliphatic heterocycles. The van der Waals surface area contributed by atoms with Crippen LogP contribution >= 0.6 is 46.4 Å². The van der Waals surface area contributed by atoms with Crippen molar-refractivity contribution in [2.24, 2.45) is 10.7 Å². The van der Waals surface area contributed by atoms with E-state index < -0.39 is 0 Å². The van der Waals surface area contributed by atoms with Crippen molar-refractivity contribution in [1.29, 1.82) is 0 Å². The van der Waals surface area contributed by atoms with Gasteiger partial charge in [0.1, 0.15) is 11.5 Å². The van der Waals surface area contributed by atoms with Crippen molar-refractivity contribution in [3.05, 3.63) is 26.7 Å². The fourth-order valence-corrected chi connectivity index (χ4v) is 1.86. The second-order valence-corrected chi connectivity index (χ2v) is 4.32. The largest absolute Gasteiger partial charge is 0.386 e. The average Bonchev–Trinajstić information content (AvgIpc) is 2.21. The second kappa shape index (κ2) is 5.26. The van der Waals surface area contributed by atoms with Gasteiger partial charge in [-0.25, -0.2) is 4.99 Å². The summed E-state index contributed by atoms with van der Waals surface area (Å²) in [5.41, 5.74) is 6.61. The van der Waals surface area contributed by atoms with Gasteiger partial charge >= 0.3 is 0 Å². The summed E-state index contributed by atoms with van der Waals surface area (Å²) in [6.07, 6.45) is 0. The predicted octanol–water partition coefficient (Wildman–Crippen LogP) is 4.18. The molecule has 0 aliphatic carbocycles. The monoisotopic (exact) mass is 284 g/mol. The minimum Gasteiger partial charge on any atom is -0.386 e. The van der Waals surface area contributed by atoms with Crippen LogP contribution in [0, 0.1) is 6.92 Å². The molecule has 0 spiro atoms. The van der Waals surface area contributed by atoms with Crippen molar-refractivity contribution in [3.8, 4) is 0 Å². The first-order valence-electron chi connectivity index (χ1n) is 4.00. The molecule has 0 saturated carbocycles. The van der Waals surface area contributed by atoms with Gasteiger partial charge in [-0.15, -0.1) is 11.6 Å². The van der Waals surface area contributed by atoms with Crippen LogP contribution in [0.15, 0.2) is 11.1 Å². The van der Waals surface area contributed by atoms with Crippen LogP contribution in [-0.4, -0.2) is 11.7 Å². The van der Waals surface area contributed by atoms with E-state index in [0.717, 1.165) is 0 Å². The van der Waals surface area contributed by atoms with Crippen LogP contribution in [0.5, 0.6) is 0 Å². The maximum Gasteiger partial charge on any atom is 0.115 e. The zero-order valence-corrected chi connectivity index (χ0v) is 10.8. The first kappa shape index (κ1) is 12.9. The van der Waals surface area contributed by atoms with Crippen LogP contribution in [0.4, 0.5) is 5.69 Å². The first-order chi connectivity index (χ1) is 6.97. The third-order valence-electron chi connectivity index (χ3n) is 1.77. The Labute approximate surface area is 108 Å². The molecule has 0 bridgehead atoms. The van der Waals surface area contributed by atoms with Crippen molar-refractivity contribution in [2.75, 3.05) is 5.88 Å². The molecule has 0 heterocycles. The third kappa shape index (κ3) is 2.91. The molecular weight excluding hydrogens is 278 g/mol. The fraction of sp³-hybridized carbons (Fsp3) is 0.222. The fourth-order valence-electron chi connectivity index (χ4n) is 0.951. The van der Waals surface area contributed by atoms with Gasteiger partial charge in [0.05, 0.1) is 15.9 Å². The summed E-state index contributed by atoms with van der Waals surface area (Å²) in [7, 11) is 0. The lowest BCUT2D eigenvalue weighted by atomic mass is 10.2. The smallest absolute Gasteiger partial charge is 0.115 e. The van der Waals surface area contributed by atoms with Crippen LogP contribution in [0.2, 0.25) is 15.1 Å². The molecule has 0 atom stereocenters. The van der Waals surface area contributed by atoms with Crippen molar-refractivity contribution < 1.29 is 0 Å². The quantitative estimate of drug-likeness (QED) is 0.494. The Balaban J connectivity index is 3.36. The maximum absolute atomic E-state index is 6.03. The van der Waals surface area contributed by atoms with Crippen molar-refractivity contribution >= 4 is 57.9 Å². The maximum atomic E-state index is 6.03. The molecule has 2 nitrogen and oxygen atoms in total. The molecular formula is C9H8Cl4N2. The van der Waals surface area contributed by atoms with E-state index in [1.165, 1.54) is 0 Å². The molecule has 0 saturated heterocycles. The normalized spacial score (nSPS) is 11.9. The molecule has 0 radical (unpaired) electrons. The molecule has 1 aromatic carbocycles. The van der Waals surface area contributed by atoms with E-state index >= 15 is 0 Å². The second-order valence-electron chi connectivity index (χ2n) is 2.86. The van der Waals surface area contributed by atoms with E-state index in [1.807, 2.05) is 0 Å². The lowest BCUT2D eigenvalue weighted by Crippen LogP contribution is -2.12. The molecule has 15 heavy (non-hydrogen) atoms. The number of halogens is 4. The number of nitrogens with two attached hydrogens (primary N) is 1. The number of nitrogens with zero attached hydrogens (tertiary/aromatic N) is 1. The number of hydrogen-bond donors (Lipinski definition) is 1. The zero-order valence-electron chi connectivity index (χ0n) is 7.82. The van der Waals surface area contributed by atoms with Crippen LogP contribution in [0.3, 0.4) is 0 Å². The summed E-state index contributed by atoms with van der Waals surface area (Å²) < 4.78 is 0. The van der Waals surface area contributed by atoms with E-state index in [4.69, 9.17) is 52.1 Å². The SMILES string of the molecule is Cc1c(Cl)cc(Cl)c(N=C(N)CCl)c1Cl. The molecule has 2 N–H and O–H groups in total. The highest BCUT2D eigenvalue weighted by Gasteiger charge is 2.11. The van der Waals surface area contributed by atoms with Gasteiger partial charge in [-0.05, 0) is 18.6 Å². The Hall–Kier alpha value is -0.150. The lowest BCUT2D eigenvalue weighted by Gasteiger charge is -2.07. The van der Waals surface area contributed by atoms with E-state index in [9.17, 15) is 0 Å². The van der Waals surface area contributed by atoms with Crippen molar-refractivity contribution in [2.45, 2.75) is 6.92 Å². The van der Waals surface area contributed by atoms with Crippen LogP contribution in [0.25, 0.3) is 0 Å². The topological polar surface area (TPSA) is 38.4 Å². The van der Waals surface area contributed by atoms with Crippen molar-refractivity contribution in [1.82, 2.24) is 0 Å². The highest BCUT2D eigenvalue weighted by atomic mass is 35.5. The van der Waals surface area contributed by atoms with E-state index in [0.29, 0.717) is 26.3 Å².